The van der Waals surface area contributed by atoms with Crippen molar-refractivity contribution in [2.75, 3.05) is 6.61 Å². The van der Waals surface area contributed by atoms with Gasteiger partial charge in [0, 0.05) is 17.0 Å². The molecule has 25 heavy (non-hydrogen) atoms. The third kappa shape index (κ3) is 5.80. The Hall–Kier alpha value is -2.53. The van der Waals surface area contributed by atoms with Gasteiger partial charge in [0.25, 0.3) is 0 Å². The van der Waals surface area contributed by atoms with E-state index in [2.05, 4.69) is 10.5 Å². The maximum absolute atomic E-state index is 11.8. The molecule has 0 spiro atoms. The summed E-state index contributed by atoms with van der Waals surface area (Å²) < 4.78 is 5.65. The molecule has 2 aromatic carbocycles. The summed E-state index contributed by atoms with van der Waals surface area (Å²) in [6, 6.07) is 12.3. The molecular weight excluding hydrogens is 340 g/mol. The highest BCUT2D eigenvalue weighted by Crippen LogP contribution is 2.22. The Morgan fingerprint density at radius 3 is 2.76 bits per heavy atom. The number of benzene rings is 2. The minimum Gasteiger partial charge on any atom is -0.507 e. The molecule has 0 aliphatic heterocycles. The quantitative estimate of drug-likeness (QED) is 0.444. The van der Waals surface area contributed by atoms with Crippen LogP contribution in [-0.2, 0) is 4.79 Å². The molecule has 2 rings (SSSR count). The van der Waals surface area contributed by atoms with Gasteiger partial charge in [0.15, 0.2) is 0 Å². The third-order valence-corrected chi connectivity index (χ3v) is 3.82. The summed E-state index contributed by atoms with van der Waals surface area (Å²) in [5, 5.41) is 14.4. The smallest absolute Gasteiger partial charge is 0.240 e. The summed E-state index contributed by atoms with van der Waals surface area (Å²) in [6.07, 6.45) is 0.864. The number of aromatic hydroxyl groups is 1. The molecule has 132 valence electrons. The van der Waals surface area contributed by atoms with E-state index >= 15 is 0 Å². The van der Waals surface area contributed by atoms with Crippen molar-refractivity contribution in [1.82, 2.24) is 5.43 Å². The molecule has 0 aliphatic carbocycles. The van der Waals surface area contributed by atoms with Gasteiger partial charge >= 0.3 is 0 Å². The lowest BCUT2D eigenvalue weighted by Gasteiger charge is -2.09. The Morgan fingerprint density at radius 2 is 2.04 bits per heavy atom. The highest BCUT2D eigenvalue weighted by molar-refractivity contribution is 6.30. The Morgan fingerprint density at radius 1 is 1.28 bits per heavy atom. The number of hydrogen-bond donors (Lipinski definition) is 2. The average Bonchev–Trinajstić information content (AvgIpc) is 2.58. The van der Waals surface area contributed by atoms with Gasteiger partial charge in [-0.2, -0.15) is 5.10 Å². The van der Waals surface area contributed by atoms with E-state index in [-0.39, 0.29) is 11.7 Å². The fourth-order valence-electron chi connectivity index (χ4n) is 2.23. The number of carbonyl (C=O) groups is 1. The van der Waals surface area contributed by atoms with Crippen LogP contribution < -0.4 is 10.2 Å². The molecule has 0 heterocycles. The van der Waals surface area contributed by atoms with E-state index < -0.39 is 0 Å². The molecule has 6 heteroatoms. The zero-order valence-electron chi connectivity index (χ0n) is 14.3. The van der Waals surface area contributed by atoms with Crippen molar-refractivity contribution in [3.8, 4) is 11.5 Å². The number of ether oxygens (including phenoxy) is 1. The number of rotatable bonds is 7. The molecule has 5 nitrogen and oxygen atoms in total. The maximum Gasteiger partial charge on any atom is 0.240 e. The van der Waals surface area contributed by atoms with Gasteiger partial charge in [-0.3, -0.25) is 4.79 Å². The fourth-order valence-corrected chi connectivity index (χ4v) is 2.46. The Kier molecular flexibility index (Phi) is 6.83. The molecule has 0 aliphatic rings. The highest BCUT2D eigenvalue weighted by Gasteiger charge is 2.06. The van der Waals surface area contributed by atoms with Crippen LogP contribution in [0.5, 0.6) is 11.5 Å². The van der Waals surface area contributed by atoms with E-state index in [1.54, 1.807) is 37.3 Å². The SMILES string of the molecule is C/C(=N\NC(=O)CCCOc1ccc(Cl)cc1C)c1ccccc1O. The van der Waals surface area contributed by atoms with Crippen molar-refractivity contribution in [2.45, 2.75) is 26.7 Å². The standard InChI is InChI=1S/C19H21ClN2O3/c1-13-12-15(20)9-10-18(13)25-11-5-8-19(24)22-21-14(2)16-6-3-4-7-17(16)23/h3-4,6-7,9-10,12,23H,5,8,11H2,1-2H3,(H,22,24)/b21-14+. The third-order valence-electron chi connectivity index (χ3n) is 3.58. The Bertz CT molecular complexity index is 775. The molecule has 0 atom stereocenters. The van der Waals surface area contributed by atoms with Gasteiger partial charge in [-0.05, 0) is 56.2 Å². The van der Waals surface area contributed by atoms with Crippen LogP contribution in [0.2, 0.25) is 5.02 Å². The molecule has 0 radical (unpaired) electrons. The first kappa shape index (κ1) is 18.8. The lowest BCUT2D eigenvalue weighted by atomic mass is 10.1. The van der Waals surface area contributed by atoms with Gasteiger partial charge in [-0.25, -0.2) is 5.43 Å². The minimum absolute atomic E-state index is 0.129. The molecule has 2 N–H and O–H groups in total. The molecule has 0 saturated heterocycles. The largest absolute Gasteiger partial charge is 0.507 e. The van der Waals surface area contributed by atoms with Crippen molar-refractivity contribution >= 4 is 23.2 Å². The first-order chi connectivity index (χ1) is 12.0. The van der Waals surface area contributed by atoms with Crippen molar-refractivity contribution in [3.05, 3.63) is 58.6 Å². The van der Waals surface area contributed by atoms with E-state index in [4.69, 9.17) is 16.3 Å². The number of phenolic OH excluding ortho intramolecular Hbond substituents is 1. The average molecular weight is 361 g/mol. The van der Waals surface area contributed by atoms with Crippen molar-refractivity contribution < 1.29 is 14.6 Å². The molecule has 0 fully saturated rings. The van der Waals surface area contributed by atoms with Crippen molar-refractivity contribution in [3.63, 3.8) is 0 Å². The van der Waals surface area contributed by atoms with Gasteiger partial charge in [0.2, 0.25) is 5.91 Å². The van der Waals surface area contributed by atoms with E-state index in [0.717, 1.165) is 11.3 Å². The molecule has 0 aromatic heterocycles. The van der Waals surface area contributed by atoms with Crippen LogP contribution in [0.15, 0.2) is 47.6 Å². The predicted molar refractivity (Wildman–Crippen MR) is 99.4 cm³/mol. The predicted octanol–water partition coefficient (Wildman–Crippen LogP) is 4.05. The van der Waals surface area contributed by atoms with E-state index in [1.807, 2.05) is 19.1 Å². The number of amides is 1. The second kappa shape index (κ2) is 9.08. The normalized spacial score (nSPS) is 11.2. The van der Waals surface area contributed by atoms with Crippen LogP contribution in [-0.4, -0.2) is 23.3 Å². The van der Waals surface area contributed by atoms with Gasteiger partial charge in [-0.1, -0.05) is 23.7 Å². The topological polar surface area (TPSA) is 70.9 Å². The van der Waals surface area contributed by atoms with Gasteiger partial charge < -0.3 is 9.84 Å². The number of carbonyl (C=O) groups excluding carboxylic acids is 1. The molecule has 0 saturated carbocycles. The maximum atomic E-state index is 11.8. The van der Waals surface area contributed by atoms with E-state index in [1.165, 1.54) is 0 Å². The van der Waals surface area contributed by atoms with Crippen LogP contribution in [0.1, 0.15) is 30.9 Å². The molecule has 0 bridgehead atoms. The Labute approximate surface area is 152 Å². The number of halogens is 1. The minimum atomic E-state index is -0.203. The van der Waals surface area contributed by atoms with Crippen LogP contribution in [0.4, 0.5) is 0 Å². The van der Waals surface area contributed by atoms with Crippen molar-refractivity contribution in [2.24, 2.45) is 5.10 Å². The van der Waals surface area contributed by atoms with Crippen LogP contribution in [0.25, 0.3) is 0 Å². The van der Waals surface area contributed by atoms with Crippen molar-refractivity contribution in [1.29, 1.82) is 0 Å². The number of phenols is 1. The first-order valence-corrected chi connectivity index (χ1v) is 8.35. The summed E-state index contributed by atoms with van der Waals surface area (Å²) in [7, 11) is 0. The summed E-state index contributed by atoms with van der Waals surface area (Å²) >= 11 is 5.90. The summed E-state index contributed by atoms with van der Waals surface area (Å²) in [5.74, 6) is 0.689. The number of para-hydroxylation sites is 1. The zero-order chi connectivity index (χ0) is 18.2. The van der Waals surface area contributed by atoms with Gasteiger partial charge in [0.1, 0.15) is 11.5 Å². The molecule has 0 unspecified atom stereocenters. The molecule has 2 aromatic rings. The van der Waals surface area contributed by atoms with Crippen LogP contribution in [0.3, 0.4) is 0 Å². The lowest BCUT2D eigenvalue weighted by Crippen LogP contribution is -2.19. The van der Waals surface area contributed by atoms with Crippen LogP contribution in [0, 0.1) is 6.92 Å². The second-order valence-corrected chi connectivity index (χ2v) is 6.05. The first-order valence-electron chi connectivity index (χ1n) is 7.98. The lowest BCUT2D eigenvalue weighted by molar-refractivity contribution is -0.121. The van der Waals surface area contributed by atoms with Gasteiger partial charge in [0.05, 0.1) is 12.3 Å². The van der Waals surface area contributed by atoms with E-state index in [9.17, 15) is 9.90 Å². The van der Waals surface area contributed by atoms with E-state index in [0.29, 0.717) is 35.7 Å². The number of hydrogen-bond acceptors (Lipinski definition) is 4. The zero-order valence-corrected chi connectivity index (χ0v) is 15.0. The summed E-state index contributed by atoms with van der Waals surface area (Å²) in [6.45, 7) is 4.07. The monoisotopic (exact) mass is 360 g/mol. The molecular formula is C19H21ClN2O3. The number of hydrazone groups is 1. The summed E-state index contributed by atoms with van der Waals surface area (Å²) in [4.78, 5) is 11.8. The molecule has 1 amide bonds. The second-order valence-electron chi connectivity index (χ2n) is 5.61. The fraction of sp³-hybridized carbons (Fsp3) is 0.263. The number of nitrogens with one attached hydrogen (secondary N) is 1. The Balaban J connectivity index is 1.75. The highest BCUT2D eigenvalue weighted by atomic mass is 35.5. The van der Waals surface area contributed by atoms with Crippen LogP contribution >= 0.6 is 11.6 Å². The number of aryl methyl sites for hydroxylation is 1. The summed E-state index contributed by atoms with van der Waals surface area (Å²) in [5.41, 5.74) is 4.58. The number of nitrogens with zero attached hydrogens (tertiary/aromatic N) is 1. The van der Waals surface area contributed by atoms with Gasteiger partial charge in [-0.15, -0.1) is 0 Å².